The Bertz CT molecular complexity index is 473. The number of ether oxygens (including phenoxy) is 1. The van der Waals surface area contributed by atoms with E-state index in [1.165, 1.54) is 11.1 Å². The fraction of sp³-hybridized carbons (Fsp3) is 0.438. The van der Waals surface area contributed by atoms with Crippen LogP contribution in [0.3, 0.4) is 0 Å². The summed E-state index contributed by atoms with van der Waals surface area (Å²) >= 11 is 0. The summed E-state index contributed by atoms with van der Waals surface area (Å²) in [5.41, 5.74) is 2.69. The number of benzene rings is 1. The molecule has 1 aromatic carbocycles. The maximum absolute atomic E-state index is 11.6. The molecule has 1 aliphatic rings. The molecule has 0 aliphatic carbocycles. The lowest BCUT2D eigenvalue weighted by molar-refractivity contribution is -0.897. The molecule has 0 N–H and O–H groups in total. The molecule has 1 atom stereocenters. The highest BCUT2D eigenvalue weighted by Gasteiger charge is 2.28. The largest absolute Gasteiger partial charge is 1.00 e. The predicted molar refractivity (Wildman–Crippen MR) is 76.5 cm³/mol. The van der Waals surface area contributed by atoms with Crippen LogP contribution in [-0.4, -0.2) is 43.7 Å². The predicted octanol–water partition coefficient (Wildman–Crippen LogP) is -0.513. The van der Waals surface area contributed by atoms with Crippen LogP contribution in [0.5, 0.6) is 0 Å². The van der Waals surface area contributed by atoms with E-state index in [2.05, 4.69) is 37.4 Å². The van der Waals surface area contributed by atoms with Crippen molar-refractivity contribution >= 4 is 11.5 Å². The van der Waals surface area contributed by atoms with Crippen molar-refractivity contribution in [2.24, 2.45) is 0 Å². The fourth-order valence-corrected chi connectivity index (χ4v) is 2.49. The monoisotopic (exact) mass is 295 g/mol. The van der Waals surface area contributed by atoms with Gasteiger partial charge in [-0.05, 0) is 24.1 Å². The number of quaternary nitrogens is 1. The topological polar surface area (TPSA) is 26.3 Å². The molecule has 0 bridgehead atoms. The standard InChI is InChI=1S/C16H22NO2.ClH/c1-3-19-16(18)13-17(2)11-9-15(10-12-17)14-7-5-4-6-8-14;/h4-9H,3,10-13H2,1-2H3;1H/q+1;/p-1. The molecule has 0 spiro atoms. The quantitative estimate of drug-likeness (QED) is 0.552. The summed E-state index contributed by atoms with van der Waals surface area (Å²) in [5.74, 6) is -0.0958. The Hall–Kier alpha value is -1.32. The van der Waals surface area contributed by atoms with Gasteiger partial charge in [0.2, 0.25) is 0 Å². The average Bonchev–Trinajstić information content (AvgIpc) is 2.40. The van der Waals surface area contributed by atoms with Crippen molar-refractivity contribution in [3.8, 4) is 0 Å². The third kappa shape index (κ3) is 4.36. The Morgan fingerprint density at radius 1 is 1.30 bits per heavy atom. The van der Waals surface area contributed by atoms with E-state index in [0.29, 0.717) is 13.2 Å². The van der Waals surface area contributed by atoms with Crippen molar-refractivity contribution in [3.63, 3.8) is 0 Å². The lowest BCUT2D eigenvalue weighted by Gasteiger charge is -2.36. The van der Waals surface area contributed by atoms with Crippen molar-refractivity contribution in [2.75, 3.05) is 33.3 Å². The van der Waals surface area contributed by atoms with Gasteiger partial charge in [0.25, 0.3) is 0 Å². The molecule has 1 unspecified atom stereocenters. The molecule has 0 saturated heterocycles. The van der Waals surface area contributed by atoms with Crippen LogP contribution >= 0.6 is 0 Å². The van der Waals surface area contributed by atoms with E-state index < -0.39 is 0 Å². The van der Waals surface area contributed by atoms with E-state index in [0.717, 1.165) is 24.0 Å². The molecule has 20 heavy (non-hydrogen) atoms. The van der Waals surface area contributed by atoms with Crippen LogP contribution in [0, 0.1) is 0 Å². The first kappa shape index (κ1) is 16.7. The number of hydrogen-bond acceptors (Lipinski definition) is 2. The number of halogens is 1. The third-order valence-corrected chi connectivity index (χ3v) is 3.66. The molecular formula is C16H22ClNO2. The fourth-order valence-electron chi connectivity index (χ4n) is 2.49. The van der Waals surface area contributed by atoms with E-state index in [1.54, 1.807) is 0 Å². The summed E-state index contributed by atoms with van der Waals surface area (Å²) in [5, 5.41) is 0. The molecular weight excluding hydrogens is 274 g/mol. The zero-order chi connectivity index (χ0) is 13.7. The van der Waals surface area contributed by atoms with E-state index in [-0.39, 0.29) is 18.4 Å². The first-order chi connectivity index (χ1) is 9.13. The summed E-state index contributed by atoms with van der Waals surface area (Å²) in [6.45, 7) is 4.65. The van der Waals surface area contributed by atoms with Gasteiger partial charge in [-0.3, -0.25) is 0 Å². The van der Waals surface area contributed by atoms with Gasteiger partial charge in [-0.2, -0.15) is 0 Å². The SMILES string of the molecule is CCOC(=O)C[N+]1(C)CC=C(c2ccccc2)CC1.[Cl-]. The number of esters is 1. The minimum absolute atomic E-state index is 0. The second kappa shape index (κ2) is 7.46. The van der Waals surface area contributed by atoms with E-state index in [4.69, 9.17) is 4.74 Å². The molecule has 0 radical (unpaired) electrons. The Kier molecular flexibility index (Phi) is 6.24. The van der Waals surface area contributed by atoms with Crippen molar-refractivity contribution < 1.29 is 26.4 Å². The average molecular weight is 296 g/mol. The first-order valence-corrected chi connectivity index (χ1v) is 6.86. The maximum atomic E-state index is 11.6. The van der Waals surface area contributed by atoms with Gasteiger partial charge in [-0.15, -0.1) is 0 Å². The molecule has 0 aromatic heterocycles. The zero-order valence-electron chi connectivity index (χ0n) is 12.1. The molecule has 3 nitrogen and oxygen atoms in total. The van der Waals surface area contributed by atoms with Crippen LogP contribution in [-0.2, 0) is 9.53 Å². The van der Waals surface area contributed by atoms with Gasteiger partial charge in [0, 0.05) is 6.42 Å². The van der Waals surface area contributed by atoms with Crippen LogP contribution < -0.4 is 12.4 Å². The molecule has 4 heteroatoms. The Morgan fingerprint density at radius 3 is 2.55 bits per heavy atom. The van der Waals surface area contributed by atoms with Gasteiger partial charge in [0.15, 0.2) is 6.54 Å². The summed E-state index contributed by atoms with van der Waals surface area (Å²) < 4.78 is 5.79. The summed E-state index contributed by atoms with van der Waals surface area (Å²) in [6, 6.07) is 10.5. The molecule has 110 valence electrons. The lowest BCUT2D eigenvalue weighted by Crippen LogP contribution is -3.00. The molecule has 1 aromatic rings. The van der Waals surface area contributed by atoms with Crippen molar-refractivity contribution in [1.82, 2.24) is 0 Å². The number of carbonyl (C=O) groups excluding carboxylic acids is 1. The van der Waals surface area contributed by atoms with Crippen molar-refractivity contribution in [2.45, 2.75) is 13.3 Å². The van der Waals surface area contributed by atoms with Gasteiger partial charge in [0.05, 0.1) is 26.7 Å². The summed E-state index contributed by atoms with van der Waals surface area (Å²) in [4.78, 5) is 11.6. The smallest absolute Gasteiger partial charge is 0.361 e. The van der Waals surface area contributed by atoms with Gasteiger partial charge in [-0.1, -0.05) is 30.3 Å². The van der Waals surface area contributed by atoms with Gasteiger partial charge in [0.1, 0.15) is 0 Å². The second-order valence-electron chi connectivity index (χ2n) is 5.33. The van der Waals surface area contributed by atoms with Crippen LogP contribution in [0.25, 0.3) is 5.57 Å². The van der Waals surface area contributed by atoms with Gasteiger partial charge in [-0.25, -0.2) is 4.79 Å². The molecule has 0 saturated carbocycles. The maximum Gasteiger partial charge on any atom is 0.361 e. The number of rotatable bonds is 4. The molecule has 1 heterocycles. The third-order valence-electron chi connectivity index (χ3n) is 3.66. The Labute approximate surface area is 127 Å². The molecule has 2 rings (SSSR count). The molecule has 0 amide bonds. The van der Waals surface area contributed by atoms with E-state index in [9.17, 15) is 4.79 Å². The van der Waals surface area contributed by atoms with Crippen LogP contribution in [0.1, 0.15) is 18.9 Å². The summed E-state index contributed by atoms with van der Waals surface area (Å²) in [6.07, 6.45) is 3.28. The van der Waals surface area contributed by atoms with Gasteiger partial charge < -0.3 is 21.6 Å². The lowest BCUT2D eigenvalue weighted by atomic mass is 9.98. The molecule has 1 aliphatic heterocycles. The highest BCUT2D eigenvalue weighted by molar-refractivity contribution is 5.71. The summed E-state index contributed by atoms with van der Waals surface area (Å²) in [7, 11) is 2.12. The number of hydrogen-bond donors (Lipinski definition) is 0. The van der Waals surface area contributed by atoms with Crippen molar-refractivity contribution in [1.29, 1.82) is 0 Å². The second-order valence-corrected chi connectivity index (χ2v) is 5.33. The molecule has 0 fully saturated rings. The highest BCUT2D eigenvalue weighted by atomic mass is 35.5. The Morgan fingerprint density at radius 2 is 2.00 bits per heavy atom. The van der Waals surface area contributed by atoms with Gasteiger partial charge >= 0.3 is 5.97 Å². The minimum Gasteiger partial charge on any atom is -1.00 e. The Balaban J connectivity index is 0.00000200. The highest BCUT2D eigenvalue weighted by Crippen LogP contribution is 2.24. The van der Waals surface area contributed by atoms with Crippen molar-refractivity contribution in [3.05, 3.63) is 42.0 Å². The van der Waals surface area contributed by atoms with Crippen LogP contribution in [0.2, 0.25) is 0 Å². The van der Waals surface area contributed by atoms with E-state index in [1.807, 2.05) is 13.0 Å². The zero-order valence-corrected chi connectivity index (χ0v) is 12.9. The minimum atomic E-state index is -0.0958. The number of likely N-dealkylation sites (N-methyl/N-ethyl adjacent to an activating group) is 1. The first-order valence-electron chi connectivity index (χ1n) is 6.86. The number of nitrogens with zero attached hydrogens (tertiary/aromatic N) is 1. The van der Waals surface area contributed by atoms with Crippen LogP contribution in [0.15, 0.2) is 36.4 Å². The normalized spacial score (nSPS) is 21.6. The van der Waals surface area contributed by atoms with E-state index >= 15 is 0 Å². The van der Waals surface area contributed by atoms with Crippen LogP contribution in [0.4, 0.5) is 0 Å². The number of carbonyl (C=O) groups is 1.